The molecule has 0 N–H and O–H groups in total. The maximum Gasteiger partial charge on any atom is 0.161 e. The van der Waals surface area contributed by atoms with Crippen molar-refractivity contribution in [3.8, 4) is 0 Å². The fourth-order valence-corrected chi connectivity index (χ4v) is 1.80. The van der Waals surface area contributed by atoms with E-state index in [0.29, 0.717) is 37.4 Å². The number of methoxy groups -OCH3 is 1. The Bertz CT molecular complexity index is 543. The molecule has 1 aromatic heterocycles. The van der Waals surface area contributed by atoms with Crippen LogP contribution in [-0.4, -0.2) is 36.5 Å². The quantitative estimate of drug-likeness (QED) is 0.725. The van der Waals surface area contributed by atoms with Crippen molar-refractivity contribution in [1.29, 1.82) is 0 Å². The van der Waals surface area contributed by atoms with E-state index in [4.69, 9.17) is 9.47 Å². The maximum atomic E-state index is 13.2. The van der Waals surface area contributed by atoms with Crippen molar-refractivity contribution < 1.29 is 18.3 Å². The topological polar surface area (TPSA) is 36.3 Å². The van der Waals surface area contributed by atoms with Crippen molar-refractivity contribution in [2.75, 3.05) is 26.9 Å². The van der Waals surface area contributed by atoms with Crippen molar-refractivity contribution in [1.82, 2.24) is 9.55 Å². The Morgan fingerprint density at radius 2 is 1.95 bits per heavy atom. The third-order valence-electron chi connectivity index (χ3n) is 2.78. The molecule has 0 unspecified atom stereocenters. The Morgan fingerprint density at radius 1 is 1.16 bits per heavy atom. The van der Waals surface area contributed by atoms with E-state index in [2.05, 4.69) is 4.98 Å². The molecule has 0 fully saturated rings. The second-order valence-electron chi connectivity index (χ2n) is 4.15. The summed E-state index contributed by atoms with van der Waals surface area (Å²) in [6.45, 7) is 2.32. The summed E-state index contributed by atoms with van der Waals surface area (Å²) in [7, 11) is 1.64. The van der Waals surface area contributed by atoms with Gasteiger partial charge >= 0.3 is 0 Å². The van der Waals surface area contributed by atoms with Crippen molar-refractivity contribution in [2.45, 2.75) is 13.0 Å². The maximum absolute atomic E-state index is 13.2. The van der Waals surface area contributed by atoms with Gasteiger partial charge in [-0.25, -0.2) is 13.8 Å². The van der Waals surface area contributed by atoms with Crippen LogP contribution in [-0.2, 0) is 16.0 Å². The van der Waals surface area contributed by atoms with Gasteiger partial charge in [-0.2, -0.15) is 0 Å². The zero-order chi connectivity index (χ0) is 13.7. The minimum absolute atomic E-state index is 0.443. The van der Waals surface area contributed by atoms with Gasteiger partial charge in [0.05, 0.1) is 24.0 Å². The first-order chi connectivity index (χ1) is 9.22. The highest BCUT2D eigenvalue weighted by Crippen LogP contribution is 2.17. The predicted molar refractivity (Wildman–Crippen MR) is 67.0 cm³/mol. The standard InChI is InChI=1S/C13H16F2N2O2/c1-18-4-2-5-19-6-3-17-9-16-12-7-10(14)11(15)8-13(12)17/h7-9H,2-6H2,1H3. The fourth-order valence-electron chi connectivity index (χ4n) is 1.80. The molecule has 0 saturated carbocycles. The largest absolute Gasteiger partial charge is 0.385 e. The minimum Gasteiger partial charge on any atom is -0.385 e. The SMILES string of the molecule is COCCCOCCn1cnc2cc(F)c(F)cc21. The molecule has 0 aliphatic heterocycles. The van der Waals surface area contributed by atoms with Gasteiger partial charge in [0.1, 0.15) is 0 Å². The summed E-state index contributed by atoms with van der Waals surface area (Å²) in [4.78, 5) is 4.03. The summed E-state index contributed by atoms with van der Waals surface area (Å²) in [5, 5.41) is 0. The first-order valence-corrected chi connectivity index (χ1v) is 6.09. The number of hydrogen-bond acceptors (Lipinski definition) is 3. The van der Waals surface area contributed by atoms with Gasteiger partial charge in [0.2, 0.25) is 0 Å². The third kappa shape index (κ3) is 3.48. The molecule has 0 saturated heterocycles. The third-order valence-corrected chi connectivity index (χ3v) is 2.78. The lowest BCUT2D eigenvalue weighted by atomic mass is 10.3. The van der Waals surface area contributed by atoms with Crippen LogP contribution in [0.4, 0.5) is 8.78 Å². The molecule has 0 atom stereocenters. The molecule has 2 rings (SSSR count). The Balaban J connectivity index is 1.92. The highest BCUT2D eigenvalue weighted by Gasteiger charge is 2.08. The van der Waals surface area contributed by atoms with Crippen LogP contribution < -0.4 is 0 Å². The number of hydrogen-bond donors (Lipinski definition) is 0. The zero-order valence-corrected chi connectivity index (χ0v) is 10.7. The highest BCUT2D eigenvalue weighted by atomic mass is 19.2. The average Bonchev–Trinajstić information content (AvgIpc) is 2.77. The number of halogens is 2. The van der Waals surface area contributed by atoms with E-state index >= 15 is 0 Å². The first kappa shape index (κ1) is 13.9. The number of rotatable bonds is 7. The molecular weight excluding hydrogens is 254 g/mol. The minimum atomic E-state index is -0.881. The van der Waals surface area contributed by atoms with Gasteiger partial charge in [0.25, 0.3) is 0 Å². The number of aromatic nitrogens is 2. The van der Waals surface area contributed by atoms with E-state index in [-0.39, 0.29) is 0 Å². The van der Waals surface area contributed by atoms with Gasteiger partial charge in [-0.1, -0.05) is 0 Å². The summed E-state index contributed by atoms with van der Waals surface area (Å²) < 4.78 is 38.3. The zero-order valence-electron chi connectivity index (χ0n) is 10.7. The Hall–Kier alpha value is -1.53. The smallest absolute Gasteiger partial charge is 0.161 e. The lowest BCUT2D eigenvalue weighted by molar-refractivity contribution is 0.0981. The monoisotopic (exact) mass is 270 g/mol. The van der Waals surface area contributed by atoms with Crippen molar-refractivity contribution >= 4 is 11.0 Å². The molecule has 1 aromatic carbocycles. The van der Waals surface area contributed by atoms with Crippen LogP contribution in [0.5, 0.6) is 0 Å². The summed E-state index contributed by atoms with van der Waals surface area (Å²) in [6.07, 6.45) is 2.39. The lowest BCUT2D eigenvalue weighted by Gasteiger charge is -2.06. The number of imidazole rings is 1. The van der Waals surface area contributed by atoms with Gasteiger partial charge in [-0.05, 0) is 6.42 Å². The number of ether oxygens (including phenoxy) is 2. The second kappa shape index (κ2) is 6.58. The molecule has 0 bridgehead atoms. The van der Waals surface area contributed by atoms with Crippen LogP contribution in [0.1, 0.15) is 6.42 Å². The molecule has 1 heterocycles. The van der Waals surface area contributed by atoms with Crippen molar-refractivity contribution in [3.05, 3.63) is 30.1 Å². The van der Waals surface area contributed by atoms with Crippen LogP contribution in [0.25, 0.3) is 11.0 Å². The van der Waals surface area contributed by atoms with Gasteiger partial charge in [-0.15, -0.1) is 0 Å². The molecule has 6 heteroatoms. The summed E-state index contributed by atoms with van der Waals surface area (Å²) >= 11 is 0. The molecule has 104 valence electrons. The Morgan fingerprint density at radius 3 is 2.74 bits per heavy atom. The van der Waals surface area contributed by atoms with Crippen molar-refractivity contribution in [3.63, 3.8) is 0 Å². The molecule has 0 spiro atoms. The summed E-state index contributed by atoms with van der Waals surface area (Å²) in [5.74, 6) is -1.75. The van der Waals surface area contributed by atoms with Gasteiger partial charge in [0, 0.05) is 39.0 Å². The van der Waals surface area contributed by atoms with E-state index in [1.165, 1.54) is 0 Å². The molecule has 4 nitrogen and oxygen atoms in total. The molecule has 0 aliphatic carbocycles. The number of fused-ring (bicyclic) bond motifs is 1. The van der Waals surface area contributed by atoms with Crippen LogP contribution in [0.2, 0.25) is 0 Å². The van der Waals surface area contributed by atoms with Gasteiger partial charge in [-0.3, -0.25) is 0 Å². The van der Waals surface area contributed by atoms with Crippen molar-refractivity contribution in [2.24, 2.45) is 0 Å². The van der Waals surface area contributed by atoms with Crippen LogP contribution in [0.15, 0.2) is 18.5 Å². The molecule has 0 radical (unpaired) electrons. The first-order valence-electron chi connectivity index (χ1n) is 6.09. The second-order valence-corrected chi connectivity index (χ2v) is 4.15. The molecule has 0 amide bonds. The fraction of sp³-hybridized carbons (Fsp3) is 0.462. The Kier molecular flexibility index (Phi) is 4.81. The van der Waals surface area contributed by atoms with Crippen LogP contribution in [0.3, 0.4) is 0 Å². The van der Waals surface area contributed by atoms with Crippen LogP contribution in [0, 0.1) is 11.6 Å². The van der Waals surface area contributed by atoms with E-state index in [9.17, 15) is 8.78 Å². The molecule has 0 aliphatic rings. The summed E-state index contributed by atoms with van der Waals surface area (Å²) in [5.41, 5.74) is 1.01. The average molecular weight is 270 g/mol. The highest BCUT2D eigenvalue weighted by molar-refractivity contribution is 5.75. The van der Waals surface area contributed by atoms with Gasteiger partial charge in [0.15, 0.2) is 11.6 Å². The predicted octanol–water partition coefficient (Wildman–Crippen LogP) is 2.37. The van der Waals surface area contributed by atoms with E-state index in [1.54, 1.807) is 18.0 Å². The molecule has 19 heavy (non-hydrogen) atoms. The van der Waals surface area contributed by atoms with E-state index in [1.807, 2.05) is 0 Å². The number of benzene rings is 1. The molecule has 2 aromatic rings. The lowest BCUT2D eigenvalue weighted by Crippen LogP contribution is -2.07. The van der Waals surface area contributed by atoms with Crippen LogP contribution >= 0.6 is 0 Å². The number of nitrogens with zero attached hydrogens (tertiary/aromatic N) is 2. The normalized spacial score (nSPS) is 11.3. The molecular formula is C13H16F2N2O2. The van der Waals surface area contributed by atoms with Gasteiger partial charge < -0.3 is 14.0 Å². The van der Waals surface area contributed by atoms with E-state index in [0.717, 1.165) is 18.6 Å². The van der Waals surface area contributed by atoms with E-state index < -0.39 is 11.6 Å². The summed E-state index contributed by atoms with van der Waals surface area (Å²) in [6, 6.07) is 2.25. The Labute approximate surface area is 109 Å².